The van der Waals surface area contributed by atoms with Crippen LogP contribution in [0.1, 0.15) is 52.4 Å². The predicted octanol–water partition coefficient (Wildman–Crippen LogP) is 4.28. The number of nitrogens with zero attached hydrogens (tertiary/aromatic N) is 1. The van der Waals surface area contributed by atoms with Crippen molar-refractivity contribution >= 4 is 5.69 Å². The Morgan fingerprint density at radius 3 is 2.46 bits per heavy atom. The molecule has 2 fully saturated rings. The molecule has 0 unspecified atom stereocenters. The van der Waals surface area contributed by atoms with Gasteiger partial charge in [-0.15, -0.1) is 0 Å². The van der Waals surface area contributed by atoms with E-state index in [9.17, 15) is 13.9 Å². The van der Waals surface area contributed by atoms with Crippen molar-refractivity contribution in [3.05, 3.63) is 23.8 Å². The van der Waals surface area contributed by atoms with E-state index < -0.39 is 17.4 Å². The molecule has 1 heterocycles. The smallest absolute Gasteiger partial charge is 0.175 e. The molecule has 2 aliphatic rings. The Labute approximate surface area is 154 Å². The second kappa shape index (κ2) is 8.09. The number of phenolic OH excluding ortho intramolecular Hbond substituents is 1. The lowest BCUT2D eigenvalue weighted by atomic mass is 9.79. The molecule has 6 heteroatoms. The third kappa shape index (κ3) is 4.29. The van der Waals surface area contributed by atoms with Crippen LogP contribution in [0.4, 0.5) is 14.5 Å². The van der Waals surface area contributed by atoms with E-state index in [2.05, 4.69) is 17.1 Å². The summed E-state index contributed by atoms with van der Waals surface area (Å²) in [6.45, 7) is 7.08. The fraction of sp³-hybridized carbons (Fsp3) is 0.700. The Balaban J connectivity index is 1.53. The summed E-state index contributed by atoms with van der Waals surface area (Å²) < 4.78 is 32.6. The van der Waals surface area contributed by atoms with Gasteiger partial charge in [0.2, 0.25) is 0 Å². The summed E-state index contributed by atoms with van der Waals surface area (Å²) in [6, 6.07) is 1.96. The van der Waals surface area contributed by atoms with E-state index in [-0.39, 0.29) is 17.3 Å². The molecule has 1 aliphatic carbocycles. The molecule has 0 atom stereocenters. The summed E-state index contributed by atoms with van der Waals surface area (Å²) >= 11 is 0. The van der Waals surface area contributed by atoms with Crippen LogP contribution in [0.2, 0.25) is 0 Å². The average molecular weight is 368 g/mol. The molecule has 26 heavy (non-hydrogen) atoms. The topological polar surface area (TPSA) is 44.7 Å². The van der Waals surface area contributed by atoms with Crippen LogP contribution in [0.25, 0.3) is 0 Å². The number of piperidine rings is 1. The molecule has 146 valence electrons. The molecule has 1 saturated heterocycles. The molecule has 1 aromatic rings. The Kier molecular flexibility index (Phi) is 6.03. The zero-order valence-electron chi connectivity index (χ0n) is 15.7. The first-order valence-electron chi connectivity index (χ1n) is 9.72. The lowest BCUT2D eigenvalue weighted by Gasteiger charge is -2.48. The predicted molar refractivity (Wildman–Crippen MR) is 98.5 cm³/mol. The molecular weight excluding hydrogens is 338 g/mol. The molecular formula is C20H30F2N2O2. The fourth-order valence-corrected chi connectivity index (χ4v) is 4.39. The summed E-state index contributed by atoms with van der Waals surface area (Å²) in [5, 5.41) is 12.9. The number of aromatic hydroxyl groups is 1. The van der Waals surface area contributed by atoms with Gasteiger partial charge in [-0.05, 0) is 52.4 Å². The summed E-state index contributed by atoms with van der Waals surface area (Å²) in [5.41, 5.74) is 0.357. The molecule has 0 radical (unpaired) electrons. The minimum Gasteiger partial charge on any atom is -0.503 e. The van der Waals surface area contributed by atoms with Crippen molar-refractivity contribution in [1.82, 2.24) is 4.90 Å². The van der Waals surface area contributed by atoms with E-state index in [1.807, 2.05) is 6.92 Å². The summed E-state index contributed by atoms with van der Waals surface area (Å²) in [4.78, 5) is 2.55. The van der Waals surface area contributed by atoms with Crippen LogP contribution in [0.3, 0.4) is 0 Å². The normalized spacial score (nSPS) is 28.2. The number of phenols is 1. The van der Waals surface area contributed by atoms with Gasteiger partial charge in [-0.25, -0.2) is 8.78 Å². The molecule has 4 nitrogen and oxygen atoms in total. The van der Waals surface area contributed by atoms with Crippen molar-refractivity contribution in [1.29, 1.82) is 0 Å². The van der Waals surface area contributed by atoms with Crippen molar-refractivity contribution in [3.63, 3.8) is 0 Å². The zero-order chi connectivity index (χ0) is 18.7. The number of benzene rings is 1. The maximum Gasteiger partial charge on any atom is 0.175 e. The second-order valence-corrected chi connectivity index (χ2v) is 7.84. The molecule has 1 saturated carbocycles. The molecule has 0 bridgehead atoms. The standard InChI is InChI=1S/C20H30F2N2O2/c1-3-26-16-4-8-20(2,9-5-16)24-10-6-15(7-11-24)23-18-13-14(21)12-17(22)19(18)25/h12-13,15-16,23,25H,3-11H2,1-2H3. The largest absolute Gasteiger partial charge is 0.503 e. The Hall–Kier alpha value is -1.40. The highest BCUT2D eigenvalue weighted by molar-refractivity contribution is 5.57. The second-order valence-electron chi connectivity index (χ2n) is 7.84. The Morgan fingerprint density at radius 2 is 1.85 bits per heavy atom. The van der Waals surface area contributed by atoms with Crippen LogP contribution in [0.15, 0.2) is 12.1 Å². The Morgan fingerprint density at radius 1 is 1.19 bits per heavy atom. The van der Waals surface area contributed by atoms with Crippen LogP contribution in [0, 0.1) is 11.6 Å². The van der Waals surface area contributed by atoms with Crippen LogP contribution in [-0.2, 0) is 4.74 Å². The molecule has 3 rings (SSSR count). The lowest BCUT2D eigenvalue weighted by molar-refractivity contribution is -0.0242. The summed E-state index contributed by atoms with van der Waals surface area (Å²) in [5.74, 6) is -2.11. The lowest BCUT2D eigenvalue weighted by Crippen LogP contribution is -2.53. The fourth-order valence-electron chi connectivity index (χ4n) is 4.39. The molecule has 0 spiro atoms. The number of hydrogen-bond donors (Lipinski definition) is 2. The van der Waals surface area contributed by atoms with Gasteiger partial charge in [-0.2, -0.15) is 0 Å². The van der Waals surface area contributed by atoms with Crippen molar-refractivity contribution in [2.24, 2.45) is 0 Å². The molecule has 0 amide bonds. The van der Waals surface area contributed by atoms with Gasteiger partial charge in [-0.1, -0.05) is 0 Å². The average Bonchev–Trinajstić information content (AvgIpc) is 2.62. The van der Waals surface area contributed by atoms with E-state index >= 15 is 0 Å². The van der Waals surface area contributed by atoms with E-state index in [1.165, 1.54) is 0 Å². The number of ether oxygens (including phenoxy) is 1. The first-order chi connectivity index (χ1) is 12.4. The van der Waals surface area contributed by atoms with Gasteiger partial charge in [0.1, 0.15) is 5.82 Å². The molecule has 1 aliphatic heterocycles. The number of halogens is 2. The maximum absolute atomic E-state index is 13.5. The van der Waals surface area contributed by atoms with Gasteiger partial charge in [-0.3, -0.25) is 4.90 Å². The summed E-state index contributed by atoms with van der Waals surface area (Å²) in [6.07, 6.45) is 6.69. The highest BCUT2D eigenvalue weighted by Gasteiger charge is 2.38. The monoisotopic (exact) mass is 368 g/mol. The van der Waals surface area contributed by atoms with Crippen LogP contribution in [0.5, 0.6) is 5.75 Å². The van der Waals surface area contributed by atoms with Gasteiger partial charge in [0, 0.05) is 43.4 Å². The molecule has 0 aromatic heterocycles. The van der Waals surface area contributed by atoms with Crippen molar-refractivity contribution in [2.75, 3.05) is 25.0 Å². The van der Waals surface area contributed by atoms with Crippen LogP contribution in [-0.4, -0.2) is 47.4 Å². The van der Waals surface area contributed by atoms with Crippen molar-refractivity contribution in [2.45, 2.75) is 70.1 Å². The number of nitrogens with one attached hydrogen (secondary N) is 1. The first kappa shape index (κ1) is 19.4. The van der Waals surface area contributed by atoms with Gasteiger partial charge < -0.3 is 15.2 Å². The maximum atomic E-state index is 13.5. The number of anilines is 1. The quantitative estimate of drug-likeness (QED) is 0.762. The van der Waals surface area contributed by atoms with Gasteiger partial charge in [0.05, 0.1) is 11.8 Å². The number of rotatable bonds is 5. The highest BCUT2D eigenvalue weighted by Crippen LogP contribution is 2.37. The summed E-state index contributed by atoms with van der Waals surface area (Å²) in [7, 11) is 0. The highest BCUT2D eigenvalue weighted by atomic mass is 19.1. The van der Waals surface area contributed by atoms with Gasteiger partial charge in [0.25, 0.3) is 0 Å². The minimum absolute atomic E-state index is 0.113. The van der Waals surface area contributed by atoms with Crippen molar-refractivity contribution in [3.8, 4) is 5.75 Å². The number of hydrogen-bond acceptors (Lipinski definition) is 4. The van der Waals surface area contributed by atoms with Gasteiger partial charge >= 0.3 is 0 Å². The third-order valence-electron chi connectivity index (χ3n) is 6.06. The van der Waals surface area contributed by atoms with Crippen LogP contribution < -0.4 is 5.32 Å². The van der Waals surface area contributed by atoms with Crippen LogP contribution >= 0.6 is 0 Å². The number of likely N-dealkylation sites (tertiary alicyclic amines) is 1. The first-order valence-corrected chi connectivity index (χ1v) is 9.72. The molecule has 2 N–H and O–H groups in total. The minimum atomic E-state index is -0.927. The Bertz CT molecular complexity index is 610. The van der Waals surface area contributed by atoms with E-state index in [4.69, 9.17) is 4.74 Å². The third-order valence-corrected chi connectivity index (χ3v) is 6.06. The van der Waals surface area contributed by atoms with E-state index in [1.54, 1.807) is 0 Å². The van der Waals surface area contributed by atoms with E-state index in [0.29, 0.717) is 12.2 Å². The van der Waals surface area contributed by atoms with E-state index in [0.717, 1.165) is 64.3 Å². The SMILES string of the molecule is CCOC1CCC(C)(N2CCC(Nc3cc(F)cc(F)c3O)CC2)CC1. The molecule has 1 aromatic carbocycles. The van der Waals surface area contributed by atoms with Crippen molar-refractivity contribution < 1.29 is 18.6 Å². The zero-order valence-corrected chi connectivity index (χ0v) is 15.7. The van der Waals surface area contributed by atoms with Gasteiger partial charge in [0.15, 0.2) is 11.6 Å².